The molecule has 1 heterocycles. The number of rotatable bonds is 5. The van der Waals surface area contributed by atoms with Crippen molar-refractivity contribution in [3.8, 4) is 0 Å². The molecule has 0 radical (unpaired) electrons. The van der Waals surface area contributed by atoms with Crippen LogP contribution in [0.2, 0.25) is 0 Å². The van der Waals surface area contributed by atoms with Crippen molar-refractivity contribution in [2.75, 3.05) is 6.54 Å². The van der Waals surface area contributed by atoms with Gasteiger partial charge in [-0.05, 0) is 53.4 Å². The number of ether oxygens (including phenoxy) is 1. The quantitative estimate of drug-likeness (QED) is 0.654. The lowest BCUT2D eigenvalue weighted by molar-refractivity contribution is -0.0138. The van der Waals surface area contributed by atoms with Crippen molar-refractivity contribution < 1.29 is 9.53 Å². The Morgan fingerprint density at radius 2 is 1.90 bits per heavy atom. The normalized spacial score (nSPS) is 23.8. The van der Waals surface area contributed by atoms with Crippen LogP contribution in [-0.4, -0.2) is 28.7 Å². The molecule has 118 valence electrons. The van der Waals surface area contributed by atoms with Gasteiger partial charge in [-0.25, -0.2) is 4.79 Å². The Morgan fingerprint density at radius 1 is 1.20 bits per heavy atom. The molecule has 1 atom stereocenters. The van der Waals surface area contributed by atoms with E-state index in [9.17, 15) is 4.79 Å². The first-order valence-electron chi connectivity index (χ1n) is 8.29. The fraction of sp³-hybridized carbons (Fsp3) is 0.941. The van der Waals surface area contributed by atoms with Crippen LogP contribution in [0.15, 0.2) is 0 Å². The Hall–Kier alpha value is -0.730. The summed E-state index contributed by atoms with van der Waals surface area (Å²) in [7, 11) is 0. The summed E-state index contributed by atoms with van der Waals surface area (Å²) in [6.45, 7) is 11.1. The minimum absolute atomic E-state index is 0.00563. The minimum atomic E-state index is -0.405. The Bertz CT molecular complexity index is 309. The Kier molecular flexibility index (Phi) is 6.35. The summed E-state index contributed by atoms with van der Waals surface area (Å²) in [5.41, 5.74) is -0.411. The topological polar surface area (TPSA) is 29.5 Å². The fourth-order valence-corrected chi connectivity index (χ4v) is 3.00. The highest BCUT2D eigenvalue weighted by Crippen LogP contribution is 2.34. The Morgan fingerprint density at radius 3 is 2.50 bits per heavy atom. The van der Waals surface area contributed by atoms with Gasteiger partial charge in [-0.1, -0.05) is 32.6 Å². The number of unbranched alkanes of at least 4 members (excludes halogenated alkanes) is 3. The molecule has 1 rings (SSSR count). The summed E-state index contributed by atoms with van der Waals surface area (Å²) >= 11 is 0. The van der Waals surface area contributed by atoms with E-state index in [0.717, 1.165) is 25.8 Å². The maximum atomic E-state index is 12.4. The maximum Gasteiger partial charge on any atom is 0.410 e. The van der Waals surface area contributed by atoms with Crippen molar-refractivity contribution >= 4 is 6.09 Å². The Labute approximate surface area is 125 Å². The van der Waals surface area contributed by atoms with Gasteiger partial charge in [0.15, 0.2) is 0 Å². The number of likely N-dealkylation sites (tertiary alicyclic amines) is 1. The van der Waals surface area contributed by atoms with Gasteiger partial charge in [0, 0.05) is 12.1 Å². The summed E-state index contributed by atoms with van der Waals surface area (Å²) < 4.78 is 5.59. The Balaban J connectivity index is 2.62. The zero-order valence-electron chi connectivity index (χ0n) is 14.1. The van der Waals surface area contributed by atoms with Crippen molar-refractivity contribution in [2.45, 2.75) is 97.1 Å². The van der Waals surface area contributed by atoms with Crippen LogP contribution < -0.4 is 0 Å². The number of nitrogens with zero attached hydrogens (tertiary/aromatic N) is 1. The van der Waals surface area contributed by atoms with E-state index in [1.165, 1.54) is 32.1 Å². The van der Waals surface area contributed by atoms with E-state index in [2.05, 4.69) is 13.8 Å². The van der Waals surface area contributed by atoms with Gasteiger partial charge >= 0.3 is 6.09 Å². The molecular weight excluding hydrogens is 250 g/mol. The molecule has 1 unspecified atom stereocenters. The summed E-state index contributed by atoms with van der Waals surface area (Å²) in [5.74, 6) is 0. The van der Waals surface area contributed by atoms with Gasteiger partial charge in [0.05, 0.1) is 0 Å². The average Bonchev–Trinajstić information content (AvgIpc) is 2.33. The van der Waals surface area contributed by atoms with E-state index >= 15 is 0 Å². The number of carbonyl (C=O) groups is 1. The van der Waals surface area contributed by atoms with E-state index < -0.39 is 5.60 Å². The van der Waals surface area contributed by atoms with Crippen LogP contribution in [0.3, 0.4) is 0 Å². The van der Waals surface area contributed by atoms with Crippen LogP contribution in [0, 0.1) is 0 Å². The molecule has 0 aliphatic carbocycles. The third-order valence-corrected chi connectivity index (χ3v) is 4.18. The minimum Gasteiger partial charge on any atom is -0.444 e. The van der Waals surface area contributed by atoms with Crippen LogP contribution in [0.5, 0.6) is 0 Å². The van der Waals surface area contributed by atoms with Gasteiger partial charge in [-0.2, -0.15) is 0 Å². The fourth-order valence-electron chi connectivity index (χ4n) is 3.00. The van der Waals surface area contributed by atoms with Gasteiger partial charge in [0.2, 0.25) is 0 Å². The molecular formula is C17H33NO2. The van der Waals surface area contributed by atoms with E-state index in [-0.39, 0.29) is 11.6 Å². The van der Waals surface area contributed by atoms with Crippen LogP contribution in [-0.2, 0) is 4.74 Å². The molecule has 0 aromatic rings. The highest BCUT2D eigenvalue weighted by atomic mass is 16.6. The van der Waals surface area contributed by atoms with Gasteiger partial charge in [0.1, 0.15) is 5.60 Å². The molecule has 0 N–H and O–H groups in total. The van der Waals surface area contributed by atoms with Gasteiger partial charge < -0.3 is 9.64 Å². The van der Waals surface area contributed by atoms with Gasteiger partial charge in [0.25, 0.3) is 0 Å². The summed E-state index contributed by atoms with van der Waals surface area (Å²) in [6, 6.07) is 0. The number of hydrogen-bond donors (Lipinski definition) is 0. The van der Waals surface area contributed by atoms with Crippen LogP contribution >= 0.6 is 0 Å². The van der Waals surface area contributed by atoms with Crippen LogP contribution in [0.25, 0.3) is 0 Å². The number of hydrogen-bond acceptors (Lipinski definition) is 2. The van der Waals surface area contributed by atoms with Crippen molar-refractivity contribution in [1.29, 1.82) is 0 Å². The molecule has 0 aromatic carbocycles. The molecule has 20 heavy (non-hydrogen) atoms. The second-order valence-electron chi connectivity index (χ2n) is 7.40. The van der Waals surface area contributed by atoms with Gasteiger partial charge in [-0.3, -0.25) is 0 Å². The first-order chi connectivity index (χ1) is 9.28. The van der Waals surface area contributed by atoms with Crippen molar-refractivity contribution in [3.63, 3.8) is 0 Å². The molecule has 1 aliphatic rings. The molecule has 0 spiro atoms. The summed E-state index contributed by atoms with van der Waals surface area (Å²) in [6.07, 6.45) is 9.44. The van der Waals surface area contributed by atoms with E-state index in [0.29, 0.717) is 0 Å². The molecule has 0 saturated carbocycles. The molecule has 1 amide bonds. The molecule has 1 saturated heterocycles. The highest BCUT2D eigenvalue weighted by Gasteiger charge is 2.38. The van der Waals surface area contributed by atoms with E-state index in [1.807, 2.05) is 25.7 Å². The highest BCUT2D eigenvalue weighted by molar-refractivity contribution is 5.69. The predicted molar refractivity (Wildman–Crippen MR) is 84.0 cm³/mol. The second-order valence-corrected chi connectivity index (χ2v) is 7.40. The molecule has 1 fully saturated rings. The van der Waals surface area contributed by atoms with Crippen molar-refractivity contribution in [1.82, 2.24) is 4.90 Å². The third-order valence-electron chi connectivity index (χ3n) is 4.18. The third kappa shape index (κ3) is 5.34. The number of carbonyl (C=O) groups excluding carboxylic acids is 1. The molecule has 1 aliphatic heterocycles. The largest absolute Gasteiger partial charge is 0.444 e. The maximum absolute atomic E-state index is 12.4. The number of amides is 1. The predicted octanol–water partition coefficient (Wildman–Crippen LogP) is 5.14. The summed E-state index contributed by atoms with van der Waals surface area (Å²) in [4.78, 5) is 14.4. The zero-order valence-corrected chi connectivity index (χ0v) is 14.1. The van der Waals surface area contributed by atoms with Crippen molar-refractivity contribution in [3.05, 3.63) is 0 Å². The lowest BCUT2D eigenvalue weighted by atomic mass is 9.84. The summed E-state index contributed by atoms with van der Waals surface area (Å²) in [5, 5.41) is 0. The number of piperidine rings is 1. The standard InChI is InChI=1S/C17H33NO2/c1-6-7-8-9-12-17(5)13-10-11-14-18(17)15(19)20-16(2,3)4/h6-14H2,1-5H3. The smallest absolute Gasteiger partial charge is 0.410 e. The molecule has 3 nitrogen and oxygen atoms in total. The lowest BCUT2D eigenvalue weighted by Crippen LogP contribution is -2.53. The van der Waals surface area contributed by atoms with E-state index in [1.54, 1.807) is 0 Å². The first-order valence-corrected chi connectivity index (χ1v) is 8.29. The van der Waals surface area contributed by atoms with Crippen molar-refractivity contribution in [2.24, 2.45) is 0 Å². The zero-order chi connectivity index (χ0) is 15.2. The molecule has 0 bridgehead atoms. The second kappa shape index (κ2) is 7.33. The van der Waals surface area contributed by atoms with Gasteiger partial charge in [-0.15, -0.1) is 0 Å². The SMILES string of the molecule is CCCCCCC1(C)CCCCN1C(=O)OC(C)(C)C. The lowest BCUT2D eigenvalue weighted by Gasteiger charge is -2.45. The van der Waals surface area contributed by atoms with E-state index in [4.69, 9.17) is 4.74 Å². The average molecular weight is 283 g/mol. The molecule has 0 aromatic heterocycles. The first kappa shape index (κ1) is 17.3. The molecule has 3 heteroatoms. The monoisotopic (exact) mass is 283 g/mol. The van der Waals surface area contributed by atoms with Crippen LogP contribution in [0.1, 0.15) is 86.0 Å². The van der Waals surface area contributed by atoms with Crippen LogP contribution in [0.4, 0.5) is 4.79 Å².